The lowest BCUT2D eigenvalue weighted by Gasteiger charge is -2.24. The highest BCUT2D eigenvalue weighted by atomic mass is 79.9. The van der Waals surface area contributed by atoms with Crippen LogP contribution in [0.5, 0.6) is 0 Å². The number of rotatable bonds is 9. The third kappa shape index (κ3) is 5.78. The van der Waals surface area contributed by atoms with Crippen LogP contribution in [0.1, 0.15) is 30.5 Å². The summed E-state index contributed by atoms with van der Waals surface area (Å²) in [5, 5.41) is 2.91. The second-order valence-electron chi connectivity index (χ2n) is 7.39. The van der Waals surface area contributed by atoms with Crippen molar-refractivity contribution in [2.75, 3.05) is 10.8 Å². The maximum atomic E-state index is 13.3. The van der Waals surface area contributed by atoms with E-state index in [0.29, 0.717) is 12.2 Å². The number of halogens is 1. The van der Waals surface area contributed by atoms with E-state index in [2.05, 4.69) is 53.3 Å². The van der Waals surface area contributed by atoms with Gasteiger partial charge in [0, 0.05) is 11.0 Å². The molecule has 0 aliphatic carbocycles. The van der Waals surface area contributed by atoms with E-state index in [4.69, 9.17) is 0 Å². The second-order valence-corrected chi connectivity index (χ2v) is 10.2. The maximum Gasteiger partial charge on any atom is 0.264 e. The Morgan fingerprint density at radius 2 is 1.59 bits per heavy atom. The molecule has 168 valence electrons. The molecule has 5 nitrogen and oxygen atoms in total. The van der Waals surface area contributed by atoms with E-state index in [-0.39, 0.29) is 17.3 Å². The highest BCUT2D eigenvalue weighted by molar-refractivity contribution is 9.10. The number of hydrogen-bond donors (Lipinski definition) is 1. The third-order valence-electron chi connectivity index (χ3n) is 5.27. The Labute approximate surface area is 198 Å². The number of nitrogens with zero attached hydrogens (tertiary/aromatic N) is 1. The van der Waals surface area contributed by atoms with Crippen molar-refractivity contribution in [3.05, 3.63) is 94.0 Å². The number of anilines is 1. The van der Waals surface area contributed by atoms with E-state index in [1.54, 1.807) is 42.5 Å². The van der Waals surface area contributed by atoms with Gasteiger partial charge in [0.1, 0.15) is 6.54 Å². The molecule has 32 heavy (non-hydrogen) atoms. The Balaban J connectivity index is 1.84. The molecule has 1 N–H and O–H groups in total. The van der Waals surface area contributed by atoms with Gasteiger partial charge >= 0.3 is 0 Å². The number of hydrogen-bond acceptors (Lipinski definition) is 3. The first-order valence-corrected chi connectivity index (χ1v) is 12.8. The predicted octanol–water partition coefficient (Wildman–Crippen LogP) is 5.09. The number of aryl methyl sites for hydroxylation is 2. The number of sulfonamides is 1. The van der Waals surface area contributed by atoms with Crippen LogP contribution in [-0.4, -0.2) is 20.9 Å². The van der Waals surface area contributed by atoms with Crippen molar-refractivity contribution in [3.8, 4) is 0 Å². The zero-order chi connectivity index (χ0) is 23.1. The van der Waals surface area contributed by atoms with Crippen LogP contribution in [-0.2, 0) is 34.2 Å². The number of benzene rings is 3. The average molecular weight is 515 g/mol. The summed E-state index contributed by atoms with van der Waals surface area (Å²) in [5.41, 5.74) is 3.86. The van der Waals surface area contributed by atoms with Gasteiger partial charge in [-0.1, -0.05) is 66.2 Å². The predicted molar refractivity (Wildman–Crippen MR) is 132 cm³/mol. The Bertz CT molecular complexity index is 1160. The quantitative estimate of drug-likeness (QED) is 0.432. The molecule has 0 unspecified atom stereocenters. The summed E-state index contributed by atoms with van der Waals surface area (Å²) in [6.45, 7) is 4.21. The number of amides is 1. The molecule has 0 aliphatic heterocycles. The minimum atomic E-state index is -3.91. The van der Waals surface area contributed by atoms with Crippen molar-refractivity contribution in [1.82, 2.24) is 5.32 Å². The molecular formula is C25H27BrN2O3S. The molecule has 0 fully saturated rings. The SMILES string of the molecule is CCc1ccc(CC)c(CNC(=O)CN(c2ccc(Br)cc2)S(=O)(=O)c2ccccc2)c1. The summed E-state index contributed by atoms with van der Waals surface area (Å²) in [6.07, 6.45) is 1.78. The fraction of sp³-hybridized carbons (Fsp3) is 0.240. The number of nitrogens with one attached hydrogen (secondary N) is 1. The van der Waals surface area contributed by atoms with Crippen molar-refractivity contribution < 1.29 is 13.2 Å². The molecule has 0 radical (unpaired) electrons. The summed E-state index contributed by atoms with van der Waals surface area (Å²) < 4.78 is 28.7. The summed E-state index contributed by atoms with van der Waals surface area (Å²) in [6, 6.07) is 21.3. The van der Waals surface area contributed by atoms with Gasteiger partial charge in [0.05, 0.1) is 10.6 Å². The summed E-state index contributed by atoms with van der Waals surface area (Å²) >= 11 is 3.37. The highest BCUT2D eigenvalue weighted by Crippen LogP contribution is 2.25. The van der Waals surface area contributed by atoms with Crippen LogP contribution in [0.4, 0.5) is 5.69 Å². The van der Waals surface area contributed by atoms with Crippen molar-refractivity contribution in [1.29, 1.82) is 0 Å². The fourth-order valence-electron chi connectivity index (χ4n) is 3.43. The van der Waals surface area contributed by atoms with Crippen LogP contribution in [0, 0.1) is 0 Å². The number of carbonyl (C=O) groups is 1. The largest absolute Gasteiger partial charge is 0.350 e. The molecule has 3 rings (SSSR count). The van der Waals surface area contributed by atoms with E-state index in [1.807, 2.05) is 0 Å². The minimum absolute atomic E-state index is 0.139. The number of carbonyl (C=O) groups excluding carboxylic acids is 1. The molecule has 7 heteroatoms. The summed E-state index contributed by atoms with van der Waals surface area (Å²) in [5.74, 6) is -0.364. The van der Waals surface area contributed by atoms with Gasteiger partial charge in [-0.3, -0.25) is 9.10 Å². The molecule has 1 amide bonds. The van der Waals surface area contributed by atoms with Crippen LogP contribution >= 0.6 is 15.9 Å². The van der Waals surface area contributed by atoms with Crippen molar-refractivity contribution in [2.24, 2.45) is 0 Å². The first kappa shape index (κ1) is 24.0. The monoisotopic (exact) mass is 514 g/mol. The average Bonchev–Trinajstić information content (AvgIpc) is 2.82. The summed E-state index contributed by atoms with van der Waals surface area (Å²) in [4.78, 5) is 13.0. The Morgan fingerprint density at radius 1 is 0.906 bits per heavy atom. The van der Waals surface area contributed by atoms with Crippen molar-refractivity contribution in [3.63, 3.8) is 0 Å². The van der Waals surface area contributed by atoms with Gasteiger partial charge in [0.2, 0.25) is 5.91 Å². The molecule has 0 aromatic heterocycles. The zero-order valence-corrected chi connectivity index (χ0v) is 20.6. The van der Waals surface area contributed by atoms with E-state index >= 15 is 0 Å². The second kappa shape index (κ2) is 10.8. The topological polar surface area (TPSA) is 66.5 Å². The van der Waals surface area contributed by atoms with E-state index < -0.39 is 10.0 Å². The molecule has 0 atom stereocenters. The van der Waals surface area contributed by atoms with Crippen molar-refractivity contribution in [2.45, 2.75) is 38.1 Å². The molecule has 0 spiro atoms. The van der Waals surface area contributed by atoms with Gasteiger partial charge in [-0.05, 0) is 65.9 Å². The van der Waals surface area contributed by atoms with Crippen LogP contribution in [0.15, 0.2) is 82.2 Å². The van der Waals surface area contributed by atoms with Crippen LogP contribution in [0.25, 0.3) is 0 Å². The standard InChI is InChI=1S/C25H27BrN2O3S/c1-3-19-10-11-20(4-2)21(16-19)17-27-25(29)18-28(23-14-12-22(26)13-15-23)32(30,31)24-8-6-5-7-9-24/h5-16H,3-4,17-18H2,1-2H3,(H,27,29). The fourth-order valence-corrected chi connectivity index (χ4v) is 5.14. The lowest BCUT2D eigenvalue weighted by molar-refractivity contribution is -0.119. The van der Waals surface area contributed by atoms with E-state index in [0.717, 1.165) is 27.2 Å². The van der Waals surface area contributed by atoms with Gasteiger partial charge in [-0.25, -0.2) is 8.42 Å². The summed E-state index contributed by atoms with van der Waals surface area (Å²) in [7, 11) is -3.91. The Hall–Kier alpha value is -2.64. The minimum Gasteiger partial charge on any atom is -0.350 e. The molecule has 0 heterocycles. The van der Waals surface area contributed by atoms with Gasteiger partial charge < -0.3 is 5.32 Å². The van der Waals surface area contributed by atoms with Crippen LogP contribution in [0.2, 0.25) is 0 Å². The maximum absolute atomic E-state index is 13.3. The van der Waals surface area contributed by atoms with Crippen LogP contribution in [0.3, 0.4) is 0 Å². The van der Waals surface area contributed by atoms with Crippen molar-refractivity contribution >= 4 is 37.5 Å². The molecule has 0 aliphatic rings. The smallest absolute Gasteiger partial charge is 0.264 e. The molecule has 3 aromatic carbocycles. The highest BCUT2D eigenvalue weighted by Gasteiger charge is 2.27. The normalized spacial score (nSPS) is 11.2. The first-order chi connectivity index (χ1) is 15.3. The Morgan fingerprint density at radius 3 is 2.22 bits per heavy atom. The van der Waals surface area contributed by atoms with Gasteiger partial charge in [0.15, 0.2) is 0 Å². The third-order valence-corrected chi connectivity index (χ3v) is 7.59. The molecular weight excluding hydrogens is 488 g/mol. The molecule has 3 aromatic rings. The molecule has 0 bridgehead atoms. The van der Waals surface area contributed by atoms with Gasteiger partial charge in [-0.2, -0.15) is 0 Å². The van der Waals surface area contributed by atoms with Gasteiger partial charge in [0.25, 0.3) is 10.0 Å². The van der Waals surface area contributed by atoms with E-state index in [1.165, 1.54) is 23.3 Å². The zero-order valence-electron chi connectivity index (χ0n) is 18.2. The Kier molecular flexibility index (Phi) is 8.10. The van der Waals surface area contributed by atoms with Crippen LogP contribution < -0.4 is 9.62 Å². The van der Waals surface area contributed by atoms with E-state index in [9.17, 15) is 13.2 Å². The molecule has 0 saturated carbocycles. The molecule has 0 saturated heterocycles. The first-order valence-electron chi connectivity index (χ1n) is 10.6. The lowest BCUT2D eigenvalue weighted by Crippen LogP contribution is -2.40. The van der Waals surface area contributed by atoms with Gasteiger partial charge in [-0.15, -0.1) is 0 Å². The lowest BCUT2D eigenvalue weighted by atomic mass is 10.0.